The third-order valence-corrected chi connectivity index (χ3v) is 2.57. The first kappa shape index (κ1) is 17.4. The van der Waals surface area contributed by atoms with Crippen LogP contribution < -0.4 is 0 Å². The number of hydrogen-bond donors (Lipinski definition) is 0. The summed E-state index contributed by atoms with van der Waals surface area (Å²) in [6.45, 7) is 1.93. The monoisotopic (exact) mass is 298 g/mol. The first-order valence-corrected chi connectivity index (χ1v) is 7.11. The molecular weight excluding hydrogens is 276 g/mol. The summed E-state index contributed by atoms with van der Waals surface area (Å²) in [5.41, 5.74) is 0. The molecule has 0 N–H and O–H groups in total. The zero-order valence-electron chi connectivity index (χ0n) is 12.1. The van der Waals surface area contributed by atoms with Gasteiger partial charge in [-0.05, 0) is 19.3 Å². The van der Waals surface area contributed by atoms with Crippen LogP contribution in [0.25, 0.3) is 0 Å². The van der Waals surface area contributed by atoms with Gasteiger partial charge in [-0.3, -0.25) is 0 Å². The Labute approximate surface area is 124 Å². The average Bonchev–Trinajstić information content (AvgIpc) is 2.47. The molecule has 21 heavy (non-hydrogen) atoms. The Morgan fingerprint density at radius 3 is 1.57 bits per heavy atom. The first-order chi connectivity index (χ1) is 10.3. The van der Waals surface area contributed by atoms with Crippen molar-refractivity contribution in [2.75, 3.05) is 39.6 Å². The highest BCUT2D eigenvalue weighted by molar-refractivity contribution is 5.82. The molecule has 0 aliphatic carbocycles. The number of rotatable bonds is 0. The van der Waals surface area contributed by atoms with E-state index in [0.29, 0.717) is 26.4 Å². The van der Waals surface area contributed by atoms with Crippen LogP contribution in [0.5, 0.6) is 0 Å². The van der Waals surface area contributed by atoms with Crippen LogP contribution in [-0.2, 0) is 28.5 Å². The van der Waals surface area contributed by atoms with E-state index in [1.807, 2.05) is 0 Å². The molecule has 0 amide bonds. The lowest BCUT2D eigenvalue weighted by Crippen LogP contribution is -2.14. The maximum atomic E-state index is 11.3. The van der Waals surface area contributed by atoms with E-state index in [1.165, 1.54) is 12.2 Å². The molecule has 0 fully saturated rings. The standard InChI is InChI=1S/C15H22O6/c16-14-6-4-2-1-3-5-7-15(17)21-13-11-19-9-8-18-10-12-20-14/h4-7H,1-3,8-13H2. The molecule has 1 rings (SSSR count). The topological polar surface area (TPSA) is 71.1 Å². The molecule has 118 valence electrons. The molecule has 6 nitrogen and oxygen atoms in total. The summed E-state index contributed by atoms with van der Waals surface area (Å²) in [5.74, 6) is -0.737. The van der Waals surface area contributed by atoms with Gasteiger partial charge in [-0.15, -0.1) is 0 Å². The van der Waals surface area contributed by atoms with Gasteiger partial charge in [0.15, 0.2) is 0 Å². The summed E-state index contributed by atoms with van der Waals surface area (Å²) in [6.07, 6.45) is 8.69. The Morgan fingerprint density at radius 2 is 1.10 bits per heavy atom. The Balaban J connectivity index is 2.32. The van der Waals surface area contributed by atoms with Crippen LogP contribution in [0.3, 0.4) is 0 Å². The fourth-order valence-electron chi connectivity index (χ4n) is 1.53. The van der Waals surface area contributed by atoms with E-state index in [4.69, 9.17) is 18.9 Å². The van der Waals surface area contributed by atoms with Crippen LogP contribution in [0.1, 0.15) is 19.3 Å². The van der Waals surface area contributed by atoms with Crippen LogP contribution >= 0.6 is 0 Å². The van der Waals surface area contributed by atoms with Crippen molar-refractivity contribution in [1.29, 1.82) is 0 Å². The van der Waals surface area contributed by atoms with Gasteiger partial charge in [0.2, 0.25) is 0 Å². The molecule has 1 aliphatic rings. The van der Waals surface area contributed by atoms with Crippen molar-refractivity contribution in [2.24, 2.45) is 0 Å². The van der Waals surface area contributed by atoms with E-state index >= 15 is 0 Å². The summed E-state index contributed by atoms with van der Waals surface area (Å²) < 4.78 is 20.3. The lowest BCUT2D eigenvalue weighted by molar-refractivity contribution is -0.141. The van der Waals surface area contributed by atoms with Crippen molar-refractivity contribution in [3.05, 3.63) is 24.3 Å². The van der Waals surface area contributed by atoms with Crippen molar-refractivity contribution < 1.29 is 28.5 Å². The minimum atomic E-state index is -0.369. The predicted molar refractivity (Wildman–Crippen MR) is 75.7 cm³/mol. The zero-order valence-corrected chi connectivity index (χ0v) is 12.1. The summed E-state index contributed by atoms with van der Waals surface area (Å²) in [4.78, 5) is 22.6. The highest BCUT2D eigenvalue weighted by atomic mass is 16.6. The van der Waals surface area contributed by atoms with Gasteiger partial charge in [0.1, 0.15) is 13.2 Å². The van der Waals surface area contributed by atoms with Crippen LogP contribution in [0.2, 0.25) is 0 Å². The van der Waals surface area contributed by atoms with E-state index in [-0.39, 0.29) is 25.2 Å². The van der Waals surface area contributed by atoms with Crippen molar-refractivity contribution in [3.8, 4) is 0 Å². The molecule has 0 aromatic carbocycles. The first-order valence-electron chi connectivity index (χ1n) is 7.11. The summed E-state index contributed by atoms with van der Waals surface area (Å²) in [7, 11) is 0. The molecule has 6 heteroatoms. The molecule has 0 unspecified atom stereocenters. The van der Waals surface area contributed by atoms with E-state index in [2.05, 4.69) is 0 Å². The van der Waals surface area contributed by atoms with Crippen LogP contribution in [0.4, 0.5) is 0 Å². The second-order valence-electron chi connectivity index (χ2n) is 4.30. The Bertz CT molecular complexity index is 327. The quantitative estimate of drug-likeness (QED) is 0.630. The molecule has 0 aromatic rings. The van der Waals surface area contributed by atoms with Crippen molar-refractivity contribution in [2.45, 2.75) is 19.3 Å². The van der Waals surface area contributed by atoms with Crippen LogP contribution in [0.15, 0.2) is 24.3 Å². The van der Waals surface area contributed by atoms with E-state index in [9.17, 15) is 9.59 Å². The lowest BCUT2D eigenvalue weighted by Gasteiger charge is -2.06. The van der Waals surface area contributed by atoms with Gasteiger partial charge in [-0.1, -0.05) is 12.2 Å². The third kappa shape index (κ3) is 10.8. The Kier molecular flexibility index (Phi) is 10.0. The van der Waals surface area contributed by atoms with E-state index in [0.717, 1.165) is 19.3 Å². The molecule has 0 aromatic heterocycles. The lowest BCUT2D eigenvalue weighted by atomic mass is 10.2. The number of hydrogen-bond acceptors (Lipinski definition) is 6. The molecule has 0 atom stereocenters. The maximum absolute atomic E-state index is 11.3. The normalized spacial score (nSPS) is 20.8. The largest absolute Gasteiger partial charge is 0.460 e. The van der Waals surface area contributed by atoms with Gasteiger partial charge in [-0.25, -0.2) is 9.59 Å². The molecule has 0 saturated carbocycles. The van der Waals surface area contributed by atoms with Gasteiger partial charge in [-0.2, -0.15) is 0 Å². The average molecular weight is 298 g/mol. The van der Waals surface area contributed by atoms with Gasteiger partial charge < -0.3 is 18.9 Å². The predicted octanol–water partition coefficient (Wildman–Crippen LogP) is 1.40. The SMILES string of the molecule is O=C1C=CCCCC=CC(=O)OCCOCCOCCO1. The molecule has 1 aliphatic heterocycles. The fourth-order valence-corrected chi connectivity index (χ4v) is 1.53. The minimum absolute atomic E-state index is 0.226. The van der Waals surface area contributed by atoms with Gasteiger partial charge in [0.05, 0.1) is 26.4 Å². The Hall–Kier alpha value is -1.66. The summed E-state index contributed by atoms with van der Waals surface area (Å²) in [6, 6.07) is 0. The number of esters is 2. The van der Waals surface area contributed by atoms with E-state index < -0.39 is 0 Å². The Morgan fingerprint density at radius 1 is 0.667 bits per heavy atom. The number of ether oxygens (including phenoxy) is 4. The van der Waals surface area contributed by atoms with Crippen molar-refractivity contribution in [1.82, 2.24) is 0 Å². The summed E-state index contributed by atoms with van der Waals surface area (Å²) >= 11 is 0. The minimum Gasteiger partial charge on any atom is -0.460 e. The van der Waals surface area contributed by atoms with Crippen LogP contribution in [0, 0.1) is 0 Å². The van der Waals surface area contributed by atoms with Gasteiger partial charge in [0, 0.05) is 12.2 Å². The number of cyclic esters (lactones) is 2. The molecule has 0 saturated heterocycles. The van der Waals surface area contributed by atoms with Crippen molar-refractivity contribution in [3.63, 3.8) is 0 Å². The summed E-state index contributed by atoms with van der Waals surface area (Å²) in [5, 5.41) is 0. The molecule has 0 spiro atoms. The number of carbonyl (C=O) groups excluding carboxylic acids is 2. The molecule has 0 radical (unpaired) electrons. The van der Waals surface area contributed by atoms with Gasteiger partial charge in [0.25, 0.3) is 0 Å². The number of carbonyl (C=O) groups is 2. The fraction of sp³-hybridized carbons (Fsp3) is 0.600. The van der Waals surface area contributed by atoms with E-state index in [1.54, 1.807) is 12.2 Å². The highest BCUT2D eigenvalue weighted by Crippen LogP contribution is 1.99. The number of allylic oxidation sites excluding steroid dienone is 2. The van der Waals surface area contributed by atoms with Crippen molar-refractivity contribution >= 4 is 11.9 Å². The second kappa shape index (κ2) is 12.1. The molecular formula is C15H22O6. The van der Waals surface area contributed by atoms with Gasteiger partial charge >= 0.3 is 11.9 Å². The maximum Gasteiger partial charge on any atom is 0.330 e. The molecule has 1 heterocycles. The highest BCUT2D eigenvalue weighted by Gasteiger charge is 1.99. The molecule has 0 bridgehead atoms. The van der Waals surface area contributed by atoms with Crippen LogP contribution in [-0.4, -0.2) is 51.6 Å². The second-order valence-corrected chi connectivity index (χ2v) is 4.30. The third-order valence-electron chi connectivity index (χ3n) is 2.57. The smallest absolute Gasteiger partial charge is 0.330 e. The zero-order chi connectivity index (χ0) is 15.2.